The first-order valence-corrected chi connectivity index (χ1v) is 7.09. The topological polar surface area (TPSA) is 33.1 Å². The predicted octanol–water partition coefficient (Wildman–Crippen LogP) is 4.06. The van der Waals surface area contributed by atoms with E-state index in [1.54, 1.807) is 0 Å². The van der Waals surface area contributed by atoms with E-state index in [1.807, 2.05) is 30.5 Å². The van der Waals surface area contributed by atoms with Crippen LogP contribution in [0.25, 0.3) is 0 Å². The van der Waals surface area contributed by atoms with Crippen molar-refractivity contribution >= 4 is 43.2 Å². The maximum atomic E-state index is 10.1. The lowest BCUT2D eigenvalue weighted by Crippen LogP contribution is -1.99. The Kier molecular flexibility index (Phi) is 3.79. The minimum Gasteiger partial charge on any atom is -0.381 e. The highest BCUT2D eigenvalue weighted by Crippen LogP contribution is 2.29. The number of rotatable bonds is 2. The Labute approximate surface area is 115 Å². The number of aliphatic hydroxyl groups is 1. The lowest BCUT2D eigenvalue weighted by molar-refractivity contribution is 0.219. The molecule has 1 heterocycles. The molecule has 0 fully saturated rings. The zero-order chi connectivity index (χ0) is 11.7. The number of nitrogens with zero attached hydrogens (tertiary/aromatic N) is 1. The van der Waals surface area contributed by atoms with Gasteiger partial charge >= 0.3 is 0 Å². The van der Waals surface area contributed by atoms with Gasteiger partial charge in [0.25, 0.3) is 0 Å². The molecule has 0 amide bonds. The summed E-state index contributed by atoms with van der Waals surface area (Å²) in [4.78, 5) is 4.21. The van der Waals surface area contributed by atoms with Crippen LogP contribution in [0.1, 0.15) is 22.2 Å². The number of aliphatic hydroxyl groups excluding tert-OH is 1. The van der Waals surface area contributed by atoms with Crippen LogP contribution < -0.4 is 0 Å². The zero-order valence-electron chi connectivity index (χ0n) is 8.45. The number of thiazole rings is 1. The molecule has 1 aromatic heterocycles. The van der Waals surface area contributed by atoms with Gasteiger partial charge in [-0.1, -0.05) is 28.1 Å². The normalized spacial score (nSPS) is 12.8. The maximum Gasteiger partial charge on any atom is 0.131 e. The van der Waals surface area contributed by atoms with Gasteiger partial charge in [-0.05, 0) is 40.0 Å². The van der Waals surface area contributed by atoms with Gasteiger partial charge in [-0.25, -0.2) is 4.98 Å². The zero-order valence-corrected chi connectivity index (χ0v) is 12.4. The molecule has 0 bridgehead atoms. The molecule has 0 aliphatic heterocycles. The van der Waals surface area contributed by atoms with E-state index in [-0.39, 0.29) is 0 Å². The number of halogens is 2. The SMILES string of the molecule is Cc1ccc(C(O)c2nc(Br)cs2)cc1Br. The molecule has 0 aliphatic carbocycles. The van der Waals surface area contributed by atoms with E-state index >= 15 is 0 Å². The van der Waals surface area contributed by atoms with Crippen molar-refractivity contribution in [3.05, 3.63) is 48.8 Å². The van der Waals surface area contributed by atoms with Gasteiger partial charge in [0.05, 0.1) is 0 Å². The van der Waals surface area contributed by atoms with Crippen LogP contribution in [0, 0.1) is 6.92 Å². The van der Waals surface area contributed by atoms with Crippen molar-refractivity contribution in [2.45, 2.75) is 13.0 Å². The van der Waals surface area contributed by atoms with Crippen molar-refractivity contribution in [2.24, 2.45) is 0 Å². The number of aromatic nitrogens is 1. The van der Waals surface area contributed by atoms with E-state index in [9.17, 15) is 5.11 Å². The Bertz CT molecular complexity index is 512. The average Bonchev–Trinajstić information content (AvgIpc) is 2.68. The minimum atomic E-state index is -0.659. The molecular weight excluding hydrogens is 354 g/mol. The van der Waals surface area contributed by atoms with E-state index in [2.05, 4.69) is 36.8 Å². The van der Waals surface area contributed by atoms with E-state index in [0.717, 1.165) is 20.2 Å². The van der Waals surface area contributed by atoms with Crippen LogP contribution in [0.2, 0.25) is 0 Å². The summed E-state index contributed by atoms with van der Waals surface area (Å²) in [6.07, 6.45) is -0.659. The number of hydrogen-bond donors (Lipinski definition) is 1. The molecular formula is C11H9Br2NOS. The molecule has 16 heavy (non-hydrogen) atoms. The predicted molar refractivity (Wildman–Crippen MR) is 72.8 cm³/mol. The first kappa shape index (κ1) is 12.2. The largest absolute Gasteiger partial charge is 0.381 e. The monoisotopic (exact) mass is 361 g/mol. The van der Waals surface area contributed by atoms with Gasteiger partial charge in [-0.2, -0.15) is 0 Å². The molecule has 1 N–H and O–H groups in total. The van der Waals surface area contributed by atoms with E-state index in [0.29, 0.717) is 5.01 Å². The Morgan fingerprint density at radius 3 is 2.69 bits per heavy atom. The summed E-state index contributed by atoms with van der Waals surface area (Å²) in [7, 11) is 0. The van der Waals surface area contributed by atoms with Crippen molar-refractivity contribution < 1.29 is 5.11 Å². The molecule has 84 valence electrons. The molecule has 2 nitrogen and oxygen atoms in total. The molecule has 1 aromatic carbocycles. The standard InChI is InChI=1S/C11H9Br2NOS/c1-6-2-3-7(4-8(6)12)10(15)11-14-9(13)5-16-11/h2-5,10,15H,1H3. The van der Waals surface area contributed by atoms with Crippen molar-refractivity contribution in [1.29, 1.82) is 0 Å². The fourth-order valence-corrected chi connectivity index (χ4v) is 2.99. The summed E-state index contributed by atoms with van der Waals surface area (Å²) in [6.45, 7) is 2.01. The Hall–Kier alpha value is -0.230. The summed E-state index contributed by atoms with van der Waals surface area (Å²) in [6, 6.07) is 5.82. The highest BCUT2D eigenvalue weighted by Gasteiger charge is 2.14. The first-order chi connectivity index (χ1) is 7.58. The number of benzene rings is 1. The Morgan fingerprint density at radius 1 is 1.38 bits per heavy atom. The third-order valence-corrected chi connectivity index (χ3v) is 4.70. The highest BCUT2D eigenvalue weighted by molar-refractivity contribution is 9.10. The number of aryl methyl sites for hydroxylation is 1. The second kappa shape index (κ2) is 4.96. The molecule has 2 aromatic rings. The fraction of sp³-hybridized carbons (Fsp3) is 0.182. The molecule has 0 spiro atoms. The number of hydrogen-bond acceptors (Lipinski definition) is 3. The summed E-state index contributed by atoms with van der Waals surface area (Å²) in [5, 5.41) is 12.7. The van der Waals surface area contributed by atoms with Gasteiger partial charge in [0.2, 0.25) is 0 Å². The van der Waals surface area contributed by atoms with Gasteiger partial charge in [0.1, 0.15) is 15.7 Å². The van der Waals surface area contributed by atoms with Crippen molar-refractivity contribution in [3.63, 3.8) is 0 Å². The second-order valence-corrected chi connectivity index (χ2v) is 5.98. The van der Waals surface area contributed by atoms with E-state index in [4.69, 9.17) is 0 Å². The van der Waals surface area contributed by atoms with Crippen LogP contribution in [0.15, 0.2) is 32.7 Å². The molecule has 1 unspecified atom stereocenters. The van der Waals surface area contributed by atoms with Crippen molar-refractivity contribution in [2.75, 3.05) is 0 Å². The second-order valence-electron chi connectivity index (χ2n) is 3.42. The minimum absolute atomic E-state index is 0.659. The van der Waals surface area contributed by atoms with E-state index in [1.165, 1.54) is 11.3 Å². The van der Waals surface area contributed by atoms with Crippen LogP contribution >= 0.6 is 43.2 Å². The lowest BCUT2D eigenvalue weighted by Gasteiger charge is -2.09. The maximum absolute atomic E-state index is 10.1. The summed E-state index contributed by atoms with van der Waals surface area (Å²) >= 11 is 8.17. The van der Waals surface area contributed by atoms with Crippen molar-refractivity contribution in [3.8, 4) is 0 Å². The van der Waals surface area contributed by atoms with Gasteiger partial charge in [0, 0.05) is 9.85 Å². The van der Waals surface area contributed by atoms with Crippen LogP contribution in [0.4, 0.5) is 0 Å². The van der Waals surface area contributed by atoms with Crippen LogP contribution in [0.5, 0.6) is 0 Å². The first-order valence-electron chi connectivity index (χ1n) is 4.63. The van der Waals surface area contributed by atoms with Gasteiger partial charge in [-0.3, -0.25) is 0 Å². The fourth-order valence-electron chi connectivity index (χ4n) is 1.31. The highest BCUT2D eigenvalue weighted by atomic mass is 79.9. The molecule has 0 saturated heterocycles. The molecule has 0 aliphatic rings. The van der Waals surface area contributed by atoms with Crippen LogP contribution in [-0.4, -0.2) is 10.1 Å². The summed E-state index contributed by atoms with van der Waals surface area (Å²) in [5.41, 5.74) is 2.00. The lowest BCUT2D eigenvalue weighted by atomic mass is 10.1. The molecule has 1 atom stereocenters. The molecule has 2 rings (SSSR count). The smallest absolute Gasteiger partial charge is 0.131 e. The quantitative estimate of drug-likeness (QED) is 0.873. The Morgan fingerprint density at radius 2 is 2.12 bits per heavy atom. The van der Waals surface area contributed by atoms with Gasteiger partial charge in [0.15, 0.2) is 0 Å². The Balaban J connectivity index is 2.33. The third kappa shape index (κ3) is 2.53. The molecule has 5 heteroatoms. The van der Waals surface area contributed by atoms with Gasteiger partial charge in [-0.15, -0.1) is 11.3 Å². The average molecular weight is 363 g/mol. The van der Waals surface area contributed by atoms with Crippen LogP contribution in [0.3, 0.4) is 0 Å². The third-order valence-electron chi connectivity index (χ3n) is 2.24. The van der Waals surface area contributed by atoms with Crippen LogP contribution in [-0.2, 0) is 0 Å². The summed E-state index contributed by atoms with van der Waals surface area (Å²) in [5.74, 6) is 0. The molecule has 0 saturated carbocycles. The molecule has 0 radical (unpaired) electrons. The summed E-state index contributed by atoms with van der Waals surface area (Å²) < 4.78 is 1.76. The van der Waals surface area contributed by atoms with E-state index < -0.39 is 6.10 Å². The van der Waals surface area contributed by atoms with Crippen molar-refractivity contribution in [1.82, 2.24) is 4.98 Å². The van der Waals surface area contributed by atoms with Gasteiger partial charge < -0.3 is 5.11 Å².